The van der Waals surface area contributed by atoms with E-state index in [1.807, 2.05) is 0 Å². The molecule has 0 unspecified atom stereocenters. The summed E-state index contributed by atoms with van der Waals surface area (Å²) in [7, 11) is 0. The van der Waals surface area contributed by atoms with Gasteiger partial charge in [0.25, 0.3) is 5.56 Å². The number of likely N-dealkylation sites (tertiary alicyclic amines) is 1. The molecular formula is C17H18FN3O2S. The van der Waals surface area contributed by atoms with Gasteiger partial charge in [0, 0.05) is 24.9 Å². The number of nitrogens with one attached hydrogen (secondary N) is 1. The number of carbonyl (C=O) groups is 1. The Balaban J connectivity index is 1.68. The summed E-state index contributed by atoms with van der Waals surface area (Å²) in [5.74, 6) is 0.0717. The number of halogens is 1. The fourth-order valence-electron chi connectivity index (χ4n) is 2.64. The molecule has 0 aliphatic carbocycles. The lowest BCUT2D eigenvalue weighted by Gasteiger charge is -2.14. The Hall–Kier alpha value is -2.15. The highest BCUT2D eigenvalue weighted by Gasteiger charge is 2.19. The quantitative estimate of drug-likeness (QED) is 0.666. The van der Waals surface area contributed by atoms with Crippen LogP contribution >= 0.6 is 11.8 Å². The molecule has 0 radical (unpaired) electrons. The first-order valence-corrected chi connectivity index (χ1v) is 8.84. The lowest BCUT2D eigenvalue weighted by atomic mass is 10.2. The van der Waals surface area contributed by atoms with Gasteiger partial charge >= 0.3 is 0 Å². The smallest absolute Gasteiger partial charge is 0.251 e. The molecular weight excluding hydrogens is 329 g/mol. The zero-order valence-corrected chi connectivity index (χ0v) is 13.9. The van der Waals surface area contributed by atoms with E-state index in [0.29, 0.717) is 22.2 Å². The Kier molecular flexibility index (Phi) is 5.30. The number of H-pyrrole nitrogens is 1. The van der Waals surface area contributed by atoms with Gasteiger partial charge in [-0.15, -0.1) is 0 Å². The standard InChI is InChI=1S/C17H18FN3O2S/c18-14-6-2-1-5-12(14)11-24-17-19-13(9-15(22)20-17)10-16(23)21-7-3-4-8-21/h1-2,5-6,9H,3-4,7-8,10-11H2,(H,19,20,22). The maximum Gasteiger partial charge on any atom is 0.251 e. The van der Waals surface area contributed by atoms with Crippen molar-refractivity contribution in [2.24, 2.45) is 0 Å². The molecule has 3 rings (SSSR count). The van der Waals surface area contributed by atoms with E-state index in [9.17, 15) is 14.0 Å². The molecule has 1 aromatic heterocycles. The second-order valence-electron chi connectivity index (χ2n) is 5.69. The van der Waals surface area contributed by atoms with Crippen LogP contribution in [-0.2, 0) is 17.0 Å². The van der Waals surface area contributed by atoms with Gasteiger partial charge in [-0.25, -0.2) is 9.37 Å². The molecule has 7 heteroatoms. The molecule has 0 saturated carbocycles. The first-order chi connectivity index (χ1) is 11.6. The molecule has 1 amide bonds. The summed E-state index contributed by atoms with van der Waals surface area (Å²) in [4.78, 5) is 32.7. The van der Waals surface area contributed by atoms with E-state index < -0.39 is 0 Å². The van der Waals surface area contributed by atoms with E-state index in [-0.39, 0.29) is 23.7 Å². The lowest BCUT2D eigenvalue weighted by Crippen LogP contribution is -2.29. The van der Waals surface area contributed by atoms with Gasteiger partial charge in [0.1, 0.15) is 5.82 Å². The first kappa shape index (κ1) is 16.7. The lowest BCUT2D eigenvalue weighted by molar-refractivity contribution is -0.129. The number of benzene rings is 1. The van der Waals surface area contributed by atoms with E-state index in [1.54, 1.807) is 23.1 Å². The van der Waals surface area contributed by atoms with Crippen LogP contribution in [-0.4, -0.2) is 33.9 Å². The Bertz CT molecular complexity index is 787. The van der Waals surface area contributed by atoms with Gasteiger partial charge in [-0.2, -0.15) is 0 Å². The number of rotatable bonds is 5. The number of nitrogens with zero attached hydrogens (tertiary/aromatic N) is 2. The summed E-state index contributed by atoms with van der Waals surface area (Å²) >= 11 is 1.24. The number of carbonyl (C=O) groups excluding carboxylic acids is 1. The zero-order valence-electron chi connectivity index (χ0n) is 13.1. The van der Waals surface area contributed by atoms with Crippen LogP contribution in [0.3, 0.4) is 0 Å². The van der Waals surface area contributed by atoms with Gasteiger partial charge in [-0.1, -0.05) is 30.0 Å². The molecule has 1 fully saturated rings. The Morgan fingerprint density at radius 3 is 2.79 bits per heavy atom. The minimum absolute atomic E-state index is 0.00402. The number of hydrogen-bond donors (Lipinski definition) is 1. The molecule has 5 nitrogen and oxygen atoms in total. The average Bonchev–Trinajstić information content (AvgIpc) is 3.08. The summed E-state index contributed by atoms with van der Waals surface area (Å²) < 4.78 is 13.6. The van der Waals surface area contributed by atoms with Crippen LogP contribution in [0.5, 0.6) is 0 Å². The van der Waals surface area contributed by atoms with Crippen molar-refractivity contribution in [2.45, 2.75) is 30.2 Å². The maximum atomic E-state index is 13.6. The van der Waals surface area contributed by atoms with Crippen molar-refractivity contribution in [3.05, 3.63) is 57.8 Å². The van der Waals surface area contributed by atoms with Crippen molar-refractivity contribution < 1.29 is 9.18 Å². The molecule has 1 aliphatic heterocycles. The Labute approximate surface area is 143 Å². The summed E-state index contributed by atoms with van der Waals surface area (Å²) in [6, 6.07) is 7.84. The van der Waals surface area contributed by atoms with Crippen molar-refractivity contribution in [1.29, 1.82) is 0 Å². The largest absolute Gasteiger partial charge is 0.342 e. The highest BCUT2D eigenvalue weighted by atomic mass is 32.2. The summed E-state index contributed by atoms with van der Waals surface area (Å²) in [5.41, 5.74) is 0.695. The van der Waals surface area contributed by atoms with Gasteiger partial charge in [-0.05, 0) is 24.5 Å². The average molecular weight is 347 g/mol. The Morgan fingerprint density at radius 2 is 2.04 bits per heavy atom. The molecule has 24 heavy (non-hydrogen) atoms. The van der Waals surface area contributed by atoms with Crippen LogP contribution in [0.2, 0.25) is 0 Å². The van der Waals surface area contributed by atoms with Crippen molar-refractivity contribution in [3.63, 3.8) is 0 Å². The molecule has 126 valence electrons. The third-order valence-electron chi connectivity index (χ3n) is 3.89. The van der Waals surface area contributed by atoms with Crippen LogP contribution in [0.25, 0.3) is 0 Å². The topological polar surface area (TPSA) is 66.1 Å². The van der Waals surface area contributed by atoms with Crippen molar-refractivity contribution in [1.82, 2.24) is 14.9 Å². The van der Waals surface area contributed by atoms with Crippen molar-refractivity contribution in [2.75, 3.05) is 13.1 Å². The maximum absolute atomic E-state index is 13.6. The van der Waals surface area contributed by atoms with Crippen LogP contribution in [0.15, 0.2) is 40.3 Å². The zero-order chi connectivity index (χ0) is 16.9. The number of thioether (sulfide) groups is 1. The second-order valence-corrected chi connectivity index (χ2v) is 6.65. The summed E-state index contributed by atoms with van der Waals surface area (Å²) in [5, 5.41) is 0.398. The van der Waals surface area contributed by atoms with Crippen LogP contribution < -0.4 is 5.56 Å². The van der Waals surface area contributed by atoms with Crippen molar-refractivity contribution in [3.8, 4) is 0 Å². The minimum atomic E-state index is -0.301. The van der Waals surface area contributed by atoms with Gasteiger partial charge in [0.05, 0.1) is 12.1 Å². The SMILES string of the molecule is O=C(Cc1cc(=O)[nH]c(SCc2ccccc2F)n1)N1CCCC1. The van der Waals surface area contributed by atoms with Crippen LogP contribution in [0.1, 0.15) is 24.1 Å². The summed E-state index contributed by atoms with van der Waals surface area (Å²) in [6.45, 7) is 1.55. The van der Waals surface area contributed by atoms with Gasteiger partial charge in [0.2, 0.25) is 5.91 Å². The monoisotopic (exact) mass is 347 g/mol. The van der Waals surface area contributed by atoms with Gasteiger partial charge < -0.3 is 9.88 Å². The van der Waals surface area contributed by atoms with E-state index in [1.165, 1.54) is 23.9 Å². The molecule has 0 bridgehead atoms. The van der Waals surface area contributed by atoms with Crippen LogP contribution in [0.4, 0.5) is 4.39 Å². The molecule has 1 saturated heterocycles. The van der Waals surface area contributed by atoms with E-state index in [4.69, 9.17) is 0 Å². The number of aromatic amines is 1. The predicted molar refractivity (Wildman–Crippen MR) is 90.3 cm³/mol. The minimum Gasteiger partial charge on any atom is -0.342 e. The first-order valence-electron chi connectivity index (χ1n) is 7.86. The van der Waals surface area contributed by atoms with Gasteiger partial charge in [0.15, 0.2) is 5.16 Å². The fraction of sp³-hybridized carbons (Fsp3) is 0.353. The van der Waals surface area contributed by atoms with Crippen molar-refractivity contribution >= 4 is 17.7 Å². The molecule has 0 spiro atoms. The fourth-order valence-corrected chi connectivity index (χ4v) is 3.52. The molecule has 2 heterocycles. The highest BCUT2D eigenvalue weighted by Crippen LogP contribution is 2.20. The van der Waals surface area contributed by atoms with E-state index >= 15 is 0 Å². The highest BCUT2D eigenvalue weighted by molar-refractivity contribution is 7.98. The third-order valence-corrected chi connectivity index (χ3v) is 4.81. The molecule has 2 aromatic rings. The van der Waals surface area contributed by atoms with Crippen LogP contribution in [0, 0.1) is 5.82 Å². The molecule has 1 aliphatic rings. The third kappa shape index (κ3) is 4.23. The van der Waals surface area contributed by atoms with E-state index in [2.05, 4.69) is 9.97 Å². The van der Waals surface area contributed by atoms with E-state index in [0.717, 1.165) is 25.9 Å². The Morgan fingerprint density at radius 1 is 1.29 bits per heavy atom. The number of aromatic nitrogens is 2. The number of hydrogen-bond acceptors (Lipinski definition) is 4. The molecule has 0 atom stereocenters. The summed E-state index contributed by atoms with van der Waals surface area (Å²) in [6.07, 6.45) is 2.17. The second kappa shape index (κ2) is 7.61. The number of amides is 1. The predicted octanol–water partition coefficient (Wildman–Crippen LogP) is 2.37. The van der Waals surface area contributed by atoms with Gasteiger partial charge in [-0.3, -0.25) is 9.59 Å². The molecule has 1 N–H and O–H groups in total. The normalized spacial score (nSPS) is 14.1. The molecule has 1 aromatic carbocycles.